The number of nitrogens with one attached hydrogen (secondary N) is 1. The molecule has 2 heterocycles. The number of imide groups is 1. The standard InChI is InChI=1S/C19H23N3O4/c1-4-21(11-13(2)3)16(23)12-22-17(24)19(20-18(22)25)9-10-26-15-8-6-5-7-14(15)19/h5-8H,2,4,9-12H2,1,3H3,(H,20,25). The number of hydrogen-bond donors (Lipinski definition) is 1. The van der Waals surface area contributed by atoms with Gasteiger partial charge in [0.25, 0.3) is 5.91 Å². The van der Waals surface area contributed by atoms with E-state index in [-0.39, 0.29) is 12.5 Å². The van der Waals surface area contributed by atoms with Crippen LogP contribution >= 0.6 is 0 Å². The van der Waals surface area contributed by atoms with Crippen LogP contribution in [0.25, 0.3) is 0 Å². The number of hydrogen-bond acceptors (Lipinski definition) is 4. The minimum absolute atomic E-state index is 0.281. The summed E-state index contributed by atoms with van der Waals surface area (Å²) in [6.45, 7) is 8.42. The summed E-state index contributed by atoms with van der Waals surface area (Å²) in [5, 5.41) is 2.80. The Morgan fingerprint density at radius 1 is 1.38 bits per heavy atom. The topological polar surface area (TPSA) is 79.0 Å². The van der Waals surface area contributed by atoms with E-state index in [4.69, 9.17) is 4.74 Å². The van der Waals surface area contributed by atoms with Crippen molar-refractivity contribution in [1.82, 2.24) is 15.1 Å². The van der Waals surface area contributed by atoms with Gasteiger partial charge in [0.1, 0.15) is 12.3 Å². The first-order chi connectivity index (χ1) is 12.4. The molecule has 0 radical (unpaired) electrons. The summed E-state index contributed by atoms with van der Waals surface area (Å²) in [6, 6.07) is 6.61. The maximum Gasteiger partial charge on any atom is 0.325 e. The third-order valence-corrected chi connectivity index (χ3v) is 4.75. The van der Waals surface area contributed by atoms with Gasteiger partial charge in [-0.25, -0.2) is 4.79 Å². The second-order valence-electron chi connectivity index (χ2n) is 6.69. The van der Waals surface area contributed by atoms with Gasteiger partial charge in [0, 0.05) is 25.1 Å². The lowest BCUT2D eigenvalue weighted by molar-refractivity contribution is -0.139. The third kappa shape index (κ3) is 2.94. The van der Waals surface area contributed by atoms with Crippen molar-refractivity contribution in [3.05, 3.63) is 42.0 Å². The molecule has 1 saturated heterocycles. The number of nitrogens with zero attached hydrogens (tertiary/aromatic N) is 2. The molecule has 1 aromatic carbocycles. The van der Waals surface area contributed by atoms with Gasteiger partial charge in [-0.2, -0.15) is 0 Å². The van der Waals surface area contributed by atoms with Crippen LogP contribution in [0.15, 0.2) is 36.4 Å². The summed E-state index contributed by atoms with van der Waals surface area (Å²) in [5.41, 5.74) is 0.318. The van der Waals surface area contributed by atoms with Gasteiger partial charge in [0.05, 0.1) is 6.61 Å². The zero-order chi connectivity index (χ0) is 18.9. The fourth-order valence-corrected chi connectivity index (χ4v) is 3.45. The molecule has 26 heavy (non-hydrogen) atoms. The van der Waals surface area contributed by atoms with Crippen molar-refractivity contribution in [2.45, 2.75) is 25.8 Å². The molecule has 2 aliphatic heterocycles. The molecule has 1 atom stereocenters. The molecule has 138 valence electrons. The molecule has 0 saturated carbocycles. The van der Waals surface area contributed by atoms with Gasteiger partial charge in [-0.05, 0) is 19.9 Å². The van der Waals surface area contributed by atoms with E-state index >= 15 is 0 Å². The highest BCUT2D eigenvalue weighted by Gasteiger charge is 2.55. The molecule has 3 rings (SSSR count). The Balaban J connectivity index is 1.84. The van der Waals surface area contributed by atoms with Crippen molar-refractivity contribution in [3.8, 4) is 5.75 Å². The molecule has 7 nitrogen and oxygen atoms in total. The minimum Gasteiger partial charge on any atom is -0.493 e. The number of amides is 4. The van der Waals surface area contributed by atoms with Gasteiger partial charge in [0.2, 0.25) is 5.91 Å². The summed E-state index contributed by atoms with van der Waals surface area (Å²) in [4.78, 5) is 40.8. The number of carbonyl (C=O) groups excluding carboxylic acids is 3. The van der Waals surface area contributed by atoms with Crippen molar-refractivity contribution in [1.29, 1.82) is 0 Å². The summed E-state index contributed by atoms with van der Waals surface area (Å²) >= 11 is 0. The molecule has 0 aliphatic carbocycles. The Morgan fingerprint density at radius 3 is 2.81 bits per heavy atom. The van der Waals surface area contributed by atoms with E-state index in [2.05, 4.69) is 11.9 Å². The predicted molar refractivity (Wildman–Crippen MR) is 95.5 cm³/mol. The number of urea groups is 1. The van der Waals surface area contributed by atoms with Crippen LogP contribution < -0.4 is 10.1 Å². The monoisotopic (exact) mass is 357 g/mol. The lowest BCUT2D eigenvalue weighted by atomic mass is 9.84. The minimum atomic E-state index is -1.16. The molecule has 4 amide bonds. The number of rotatable bonds is 5. The second-order valence-corrected chi connectivity index (χ2v) is 6.69. The highest BCUT2D eigenvalue weighted by Crippen LogP contribution is 2.40. The average Bonchev–Trinajstić information content (AvgIpc) is 2.84. The first-order valence-electron chi connectivity index (χ1n) is 8.67. The van der Waals surface area contributed by atoms with Crippen LogP contribution in [-0.2, 0) is 15.1 Å². The van der Waals surface area contributed by atoms with Gasteiger partial charge in [-0.3, -0.25) is 14.5 Å². The van der Waals surface area contributed by atoms with E-state index in [1.54, 1.807) is 23.1 Å². The lowest BCUT2D eigenvalue weighted by Gasteiger charge is -2.33. The molecule has 7 heteroatoms. The van der Waals surface area contributed by atoms with Gasteiger partial charge in [-0.15, -0.1) is 0 Å². The van der Waals surface area contributed by atoms with Gasteiger partial charge < -0.3 is 15.0 Å². The van der Waals surface area contributed by atoms with E-state index in [0.29, 0.717) is 37.4 Å². The van der Waals surface area contributed by atoms with Crippen molar-refractivity contribution in [2.24, 2.45) is 0 Å². The number of carbonyl (C=O) groups is 3. The molecule has 2 aliphatic rings. The molecule has 1 spiro atoms. The number of likely N-dealkylation sites (N-methyl/N-ethyl adjacent to an activating group) is 1. The van der Waals surface area contributed by atoms with Crippen molar-refractivity contribution < 1.29 is 19.1 Å². The van der Waals surface area contributed by atoms with Gasteiger partial charge in [-0.1, -0.05) is 30.4 Å². The fourth-order valence-electron chi connectivity index (χ4n) is 3.45. The highest BCUT2D eigenvalue weighted by atomic mass is 16.5. The summed E-state index contributed by atoms with van der Waals surface area (Å²) in [6.07, 6.45) is 0.336. The Kier molecular flexibility index (Phi) is 4.71. The molecule has 1 N–H and O–H groups in total. The maximum absolute atomic E-state index is 13.1. The van der Waals surface area contributed by atoms with Gasteiger partial charge >= 0.3 is 6.03 Å². The van der Waals surface area contributed by atoms with Crippen molar-refractivity contribution in [2.75, 3.05) is 26.2 Å². The highest BCUT2D eigenvalue weighted by molar-refractivity contribution is 6.09. The Labute approximate surface area is 152 Å². The summed E-state index contributed by atoms with van der Waals surface area (Å²) < 4.78 is 5.60. The summed E-state index contributed by atoms with van der Waals surface area (Å²) in [5.74, 6) is -0.104. The Hall–Kier alpha value is -2.83. The first-order valence-corrected chi connectivity index (χ1v) is 8.67. The number of para-hydroxylation sites is 1. The second kappa shape index (κ2) is 6.82. The average molecular weight is 357 g/mol. The van der Waals surface area contributed by atoms with Crippen molar-refractivity contribution >= 4 is 17.8 Å². The van der Waals surface area contributed by atoms with Crippen LogP contribution in [0.5, 0.6) is 5.75 Å². The van der Waals surface area contributed by atoms with Gasteiger partial charge in [0.15, 0.2) is 5.54 Å². The van der Waals surface area contributed by atoms with E-state index in [0.717, 1.165) is 10.5 Å². The Morgan fingerprint density at radius 2 is 2.12 bits per heavy atom. The Bertz CT molecular complexity index is 776. The van der Waals surface area contributed by atoms with Crippen molar-refractivity contribution in [3.63, 3.8) is 0 Å². The van der Waals surface area contributed by atoms with E-state index in [9.17, 15) is 14.4 Å². The third-order valence-electron chi connectivity index (χ3n) is 4.75. The van der Waals surface area contributed by atoms with Crippen LogP contribution in [0.1, 0.15) is 25.8 Å². The zero-order valence-corrected chi connectivity index (χ0v) is 15.1. The molecule has 1 aromatic rings. The zero-order valence-electron chi connectivity index (χ0n) is 15.1. The molecule has 1 unspecified atom stereocenters. The number of fused-ring (bicyclic) bond motifs is 2. The molecule has 0 bridgehead atoms. The lowest BCUT2D eigenvalue weighted by Crippen LogP contribution is -2.48. The first kappa shape index (κ1) is 18.0. The number of benzene rings is 1. The SMILES string of the molecule is C=C(C)CN(CC)C(=O)CN1C(=O)NC2(CCOc3ccccc32)C1=O. The largest absolute Gasteiger partial charge is 0.493 e. The van der Waals surface area contributed by atoms with E-state index < -0.39 is 17.5 Å². The normalized spacial score (nSPS) is 21.2. The molecule has 1 fully saturated rings. The number of ether oxygens (including phenoxy) is 1. The van der Waals surface area contributed by atoms with Crippen LogP contribution in [-0.4, -0.2) is 53.9 Å². The maximum atomic E-state index is 13.1. The predicted octanol–water partition coefficient (Wildman–Crippen LogP) is 1.64. The smallest absolute Gasteiger partial charge is 0.325 e. The molecular weight excluding hydrogens is 334 g/mol. The van der Waals surface area contributed by atoms with Crippen LogP contribution in [0.4, 0.5) is 4.79 Å². The summed E-state index contributed by atoms with van der Waals surface area (Å²) in [7, 11) is 0. The van der Waals surface area contributed by atoms with Crippen LogP contribution in [0.3, 0.4) is 0 Å². The molecule has 0 aromatic heterocycles. The molecular formula is C19H23N3O4. The quantitative estimate of drug-likeness (QED) is 0.642. The van der Waals surface area contributed by atoms with E-state index in [1.165, 1.54) is 0 Å². The fraction of sp³-hybridized carbons (Fsp3) is 0.421. The van der Waals surface area contributed by atoms with Crippen LogP contribution in [0, 0.1) is 0 Å². The van der Waals surface area contributed by atoms with E-state index in [1.807, 2.05) is 19.9 Å². The van der Waals surface area contributed by atoms with Crippen LogP contribution in [0.2, 0.25) is 0 Å².